The van der Waals surface area contributed by atoms with Crippen molar-refractivity contribution in [1.29, 1.82) is 0 Å². The fourth-order valence-corrected chi connectivity index (χ4v) is 2.34. The highest BCUT2D eigenvalue weighted by atomic mass is 32.2. The number of rotatable bonds is 7. The van der Waals surface area contributed by atoms with E-state index in [0.29, 0.717) is 13.1 Å². The summed E-state index contributed by atoms with van der Waals surface area (Å²) in [7, 11) is 0. The van der Waals surface area contributed by atoms with Gasteiger partial charge in [-0.05, 0) is 44.0 Å². The third-order valence-electron chi connectivity index (χ3n) is 3.07. The van der Waals surface area contributed by atoms with E-state index in [1.807, 2.05) is 32.0 Å². The molecule has 0 aliphatic heterocycles. The number of hydrogen-bond acceptors (Lipinski definition) is 4. The Hall–Kier alpha value is -1.53. The zero-order valence-electron chi connectivity index (χ0n) is 12.7. The van der Waals surface area contributed by atoms with Gasteiger partial charge in [0.1, 0.15) is 0 Å². The van der Waals surface area contributed by atoms with Gasteiger partial charge in [-0.1, -0.05) is 6.07 Å². The molecule has 0 saturated heterocycles. The molecular formula is C15H23N3O2S. The number of carbonyl (C=O) groups is 2. The van der Waals surface area contributed by atoms with E-state index in [0.717, 1.165) is 11.3 Å². The summed E-state index contributed by atoms with van der Waals surface area (Å²) in [4.78, 5) is 23.5. The Morgan fingerprint density at radius 3 is 2.62 bits per heavy atom. The minimum atomic E-state index is -0.276. The first-order valence-corrected chi connectivity index (χ1v) is 7.95. The molecule has 1 unspecified atom stereocenters. The third kappa shape index (κ3) is 6.18. The molecule has 0 fully saturated rings. The molecule has 6 heteroatoms. The Morgan fingerprint density at radius 1 is 1.29 bits per heavy atom. The lowest BCUT2D eigenvalue weighted by atomic mass is 10.1. The molecule has 21 heavy (non-hydrogen) atoms. The van der Waals surface area contributed by atoms with Crippen molar-refractivity contribution in [2.24, 2.45) is 5.73 Å². The molecule has 5 nitrogen and oxygen atoms in total. The highest BCUT2D eigenvalue weighted by Crippen LogP contribution is 2.15. The SMILES string of the molecule is Cc1ccc(NC(=O)CSC(C)C(=O)NCCN)cc1C. The molecular weight excluding hydrogens is 286 g/mol. The van der Waals surface area contributed by atoms with Gasteiger partial charge < -0.3 is 16.4 Å². The first-order chi connectivity index (χ1) is 9.93. The van der Waals surface area contributed by atoms with Gasteiger partial charge >= 0.3 is 0 Å². The number of nitrogens with two attached hydrogens (primary N) is 1. The van der Waals surface area contributed by atoms with Crippen LogP contribution in [0, 0.1) is 13.8 Å². The Kier molecular flexibility index (Phi) is 7.25. The minimum absolute atomic E-state index is 0.0931. The molecule has 1 rings (SSSR count). The number of carbonyl (C=O) groups excluding carboxylic acids is 2. The number of benzene rings is 1. The van der Waals surface area contributed by atoms with Crippen LogP contribution >= 0.6 is 11.8 Å². The Labute approximate surface area is 130 Å². The van der Waals surface area contributed by atoms with Crippen LogP contribution in [0.2, 0.25) is 0 Å². The van der Waals surface area contributed by atoms with Crippen molar-refractivity contribution in [3.63, 3.8) is 0 Å². The van der Waals surface area contributed by atoms with E-state index in [-0.39, 0.29) is 22.8 Å². The third-order valence-corrected chi connectivity index (χ3v) is 4.21. The Bertz CT molecular complexity index is 506. The van der Waals surface area contributed by atoms with Crippen LogP contribution in [0.1, 0.15) is 18.1 Å². The topological polar surface area (TPSA) is 84.2 Å². The van der Waals surface area contributed by atoms with Crippen LogP contribution in [-0.2, 0) is 9.59 Å². The molecule has 1 aromatic rings. The quantitative estimate of drug-likeness (QED) is 0.711. The van der Waals surface area contributed by atoms with Gasteiger partial charge in [-0.15, -0.1) is 11.8 Å². The van der Waals surface area contributed by atoms with Crippen molar-refractivity contribution in [2.45, 2.75) is 26.0 Å². The molecule has 2 amide bonds. The predicted octanol–water partition coefficient (Wildman–Crippen LogP) is 1.44. The van der Waals surface area contributed by atoms with Crippen LogP contribution in [0.15, 0.2) is 18.2 Å². The summed E-state index contributed by atoms with van der Waals surface area (Å²) in [6, 6.07) is 5.79. The number of thioether (sulfide) groups is 1. The van der Waals surface area contributed by atoms with Gasteiger partial charge in [0.05, 0.1) is 11.0 Å². The maximum absolute atomic E-state index is 11.9. The van der Waals surface area contributed by atoms with E-state index in [4.69, 9.17) is 5.73 Å². The number of hydrogen-bond donors (Lipinski definition) is 3. The molecule has 116 valence electrons. The van der Waals surface area contributed by atoms with E-state index >= 15 is 0 Å². The standard InChI is InChI=1S/C15H23N3O2S/c1-10-4-5-13(8-11(10)2)18-14(19)9-21-12(3)15(20)17-7-6-16/h4-5,8,12H,6-7,9,16H2,1-3H3,(H,17,20)(H,18,19). The van der Waals surface area contributed by atoms with Gasteiger partial charge in [0, 0.05) is 18.8 Å². The second-order valence-electron chi connectivity index (χ2n) is 4.88. The van der Waals surface area contributed by atoms with Crippen LogP contribution in [0.25, 0.3) is 0 Å². The van der Waals surface area contributed by atoms with Crippen molar-refractivity contribution in [1.82, 2.24) is 5.32 Å². The zero-order valence-corrected chi connectivity index (χ0v) is 13.5. The summed E-state index contributed by atoms with van der Waals surface area (Å²) >= 11 is 1.30. The van der Waals surface area contributed by atoms with Gasteiger partial charge in [-0.3, -0.25) is 9.59 Å². The number of anilines is 1. The van der Waals surface area contributed by atoms with Crippen molar-refractivity contribution >= 4 is 29.3 Å². The zero-order chi connectivity index (χ0) is 15.8. The van der Waals surface area contributed by atoms with E-state index in [2.05, 4.69) is 10.6 Å². The van der Waals surface area contributed by atoms with Crippen LogP contribution in [0.5, 0.6) is 0 Å². The molecule has 0 saturated carbocycles. The summed E-state index contributed by atoms with van der Waals surface area (Å²) < 4.78 is 0. The van der Waals surface area contributed by atoms with Crippen LogP contribution < -0.4 is 16.4 Å². The summed E-state index contributed by atoms with van der Waals surface area (Å²) in [5.41, 5.74) is 8.43. The van der Waals surface area contributed by atoms with Gasteiger partial charge in [0.2, 0.25) is 11.8 Å². The lowest BCUT2D eigenvalue weighted by Gasteiger charge is -2.12. The van der Waals surface area contributed by atoms with Gasteiger partial charge in [-0.25, -0.2) is 0 Å². The normalized spacial score (nSPS) is 11.8. The van der Waals surface area contributed by atoms with Gasteiger partial charge in [0.25, 0.3) is 0 Å². The lowest BCUT2D eigenvalue weighted by Crippen LogP contribution is -2.35. The van der Waals surface area contributed by atoms with E-state index < -0.39 is 0 Å². The molecule has 4 N–H and O–H groups in total. The van der Waals surface area contributed by atoms with Crippen molar-refractivity contribution in [3.05, 3.63) is 29.3 Å². The molecule has 0 heterocycles. The van der Waals surface area contributed by atoms with Crippen LogP contribution in [0.3, 0.4) is 0 Å². The number of nitrogens with one attached hydrogen (secondary N) is 2. The monoisotopic (exact) mass is 309 g/mol. The molecule has 0 aliphatic rings. The lowest BCUT2D eigenvalue weighted by molar-refractivity contribution is -0.120. The maximum atomic E-state index is 11.9. The highest BCUT2D eigenvalue weighted by molar-refractivity contribution is 8.01. The molecule has 1 aromatic carbocycles. The highest BCUT2D eigenvalue weighted by Gasteiger charge is 2.14. The average Bonchev–Trinajstić information content (AvgIpc) is 2.46. The molecule has 0 bridgehead atoms. The summed E-state index contributed by atoms with van der Waals surface area (Å²) in [5.74, 6) is 0.0376. The molecule has 0 spiro atoms. The van der Waals surface area contributed by atoms with Gasteiger partial charge in [0.15, 0.2) is 0 Å². The van der Waals surface area contributed by atoms with Crippen molar-refractivity contribution < 1.29 is 9.59 Å². The first-order valence-electron chi connectivity index (χ1n) is 6.90. The Balaban J connectivity index is 2.40. The van der Waals surface area contributed by atoms with Crippen molar-refractivity contribution in [2.75, 3.05) is 24.2 Å². The van der Waals surface area contributed by atoms with E-state index in [1.54, 1.807) is 6.92 Å². The summed E-state index contributed by atoms with van der Waals surface area (Å²) in [6.07, 6.45) is 0. The second-order valence-corrected chi connectivity index (χ2v) is 6.21. The van der Waals surface area contributed by atoms with E-state index in [9.17, 15) is 9.59 Å². The molecule has 0 aliphatic carbocycles. The fraction of sp³-hybridized carbons (Fsp3) is 0.467. The maximum Gasteiger partial charge on any atom is 0.234 e. The van der Waals surface area contributed by atoms with Crippen LogP contribution in [-0.4, -0.2) is 35.9 Å². The first kappa shape index (κ1) is 17.5. The molecule has 0 radical (unpaired) electrons. The minimum Gasteiger partial charge on any atom is -0.354 e. The summed E-state index contributed by atoms with van der Waals surface area (Å²) in [6.45, 7) is 6.68. The molecule has 1 atom stereocenters. The average molecular weight is 309 g/mol. The Morgan fingerprint density at radius 2 is 2.00 bits per heavy atom. The fourth-order valence-electron chi connectivity index (χ4n) is 1.63. The van der Waals surface area contributed by atoms with Crippen molar-refractivity contribution in [3.8, 4) is 0 Å². The number of amides is 2. The van der Waals surface area contributed by atoms with Gasteiger partial charge in [-0.2, -0.15) is 0 Å². The second kappa shape index (κ2) is 8.69. The largest absolute Gasteiger partial charge is 0.354 e. The van der Waals surface area contributed by atoms with Crippen LogP contribution in [0.4, 0.5) is 5.69 Å². The smallest absolute Gasteiger partial charge is 0.234 e. The van der Waals surface area contributed by atoms with E-state index in [1.165, 1.54) is 17.3 Å². The number of aryl methyl sites for hydroxylation is 2. The summed E-state index contributed by atoms with van der Waals surface area (Å²) in [5, 5.41) is 5.26. The molecule has 0 aromatic heterocycles. The predicted molar refractivity (Wildman–Crippen MR) is 88.5 cm³/mol.